The van der Waals surface area contributed by atoms with Crippen molar-refractivity contribution in [2.75, 3.05) is 38.5 Å². The summed E-state index contributed by atoms with van der Waals surface area (Å²) in [5, 5.41) is 12.8. The van der Waals surface area contributed by atoms with E-state index in [4.69, 9.17) is 10.8 Å². The topological polar surface area (TPSA) is 81.8 Å². The molecule has 0 aromatic heterocycles. The third kappa shape index (κ3) is 4.48. The molecule has 26 heavy (non-hydrogen) atoms. The number of nitrogens with zero attached hydrogens (tertiary/aromatic N) is 2. The average Bonchev–Trinajstić information content (AvgIpc) is 2.64. The third-order valence-corrected chi connectivity index (χ3v) is 6.25. The van der Waals surface area contributed by atoms with Gasteiger partial charge in [-0.15, -0.1) is 0 Å². The van der Waals surface area contributed by atoms with Gasteiger partial charge in [0.25, 0.3) is 0 Å². The van der Waals surface area contributed by atoms with Gasteiger partial charge in [0.05, 0.1) is 0 Å². The molecule has 2 saturated heterocycles. The standard InChI is InChI=1S/C20H32N4O2/c1-20(9-14-23(15-10-20)19(25)26)24-12-7-17(8-13-24)22-11-6-16-4-2-3-5-18(16)21/h2-5,17,22H,6-15,21H2,1H3,(H,25,26). The van der Waals surface area contributed by atoms with E-state index in [9.17, 15) is 4.79 Å². The number of nitrogens with one attached hydrogen (secondary N) is 1. The van der Waals surface area contributed by atoms with Crippen LogP contribution in [0.1, 0.15) is 38.2 Å². The molecule has 0 bridgehead atoms. The summed E-state index contributed by atoms with van der Waals surface area (Å²) in [7, 11) is 0. The summed E-state index contributed by atoms with van der Waals surface area (Å²) in [6.07, 6.45) is 4.37. The van der Waals surface area contributed by atoms with Gasteiger partial charge in [-0.25, -0.2) is 4.79 Å². The highest BCUT2D eigenvalue weighted by atomic mass is 16.4. The van der Waals surface area contributed by atoms with Gasteiger partial charge >= 0.3 is 6.09 Å². The van der Waals surface area contributed by atoms with Crippen molar-refractivity contribution in [1.82, 2.24) is 15.1 Å². The van der Waals surface area contributed by atoms with Gasteiger partial charge in [0, 0.05) is 43.4 Å². The van der Waals surface area contributed by atoms with Crippen molar-refractivity contribution in [1.29, 1.82) is 0 Å². The molecule has 1 amide bonds. The van der Waals surface area contributed by atoms with Crippen molar-refractivity contribution >= 4 is 11.8 Å². The first-order valence-electron chi connectivity index (χ1n) is 9.78. The lowest BCUT2D eigenvalue weighted by molar-refractivity contribution is 0.0180. The maximum atomic E-state index is 11.1. The average molecular weight is 361 g/mol. The second-order valence-electron chi connectivity index (χ2n) is 7.93. The van der Waals surface area contributed by atoms with Crippen molar-refractivity contribution in [3.63, 3.8) is 0 Å². The van der Waals surface area contributed by atoms with Crippen LogP contribution in [0.3, 0.4) is 0 Å². The fourth-order valence-corrected chi connectivity index (χ4v) is 4.29. The van der Waals surface area contributed by atoms with Crippen LogP contribution in [0, 0.1) is 0 Å². The third-order valence-electron chi connectivity index (χ3n) is 6.25. The highest BCUT2D eigenvalue weighted by Gasteiger charge is 2.38. The van der Waals surface area contributed by atoms with Crippen molar-refractivity contribution in [2.24, 2.45) is 0 Å². The first-order valence-corrected chi connectivity index (χ1v) is 9.78. The number of carbonyl (C=O) groups is 1. The van der Waals surface area contributed by atoms with Crippen molar-refractivity contribution in [3.8, 4) is 0 Å². The molecule has 0 spiro atoms. The van der Waals surface area contributed by atoms with E-state index >= 15 is 0 Å². The first kappa shape index (κ1) is 19.0. The Morgan fingerprint density at radius 1 is 1.23 bits per heavy atom. The normalized spacial score (nSPS) is 21.7. The summed E-state index contributed by atoms with van der Waals surface area (Å²) in [4.78, 5) is 15.2. The largest absolute Gasteiger partial charge is 0.465 e. The van der Waals surface area contributed by atoms with Crippen LogP contribution in [0.2, 0.25) is 0 Å². The minimum Gasteiger partial charge on any atom is -0.465 e. The van der Waals surface area contributed by atoms with Gasteiger partial charge in [-0.2, -0.15) is 0 Å². The number of nitrogens with two attached hydrogens (primary N) is 1. The molecule has 6 nitrogen and oxygen atoms in total. The van der Waals surface area contributed by atoms with Gasteiger partial charge < -0.3 is 21.1 Å². The molecule has 144 valence electrons. The molecule has 1 aromatic carbocycles. The Morgan fingerprint density at radius 3 is 2.50 bits per heavy atom. The Kier molecular flexibility index (Phi) is 6.04. The number of piperidine rings is 2. The number of para-hydroxylation sites is 1. The molecule has 0 atom stereocenters. The van der Waals surface area contributed by atoms with E-state index in [-0.39, 0.29) is 5.54 Å². The summed E-state index contributed by atoms with van der Waals surface area (Å²) in [6, 6.07) is 8.65. The summed E-state index contributed by atoms with van der Waals surface area (Å²) in [5.74, 6) is 0. The minimum absolute atomic E-state index is 0.148. The van der Waals surface area contributed by atoms with E-state index < -0.39 is 6.09 Å². The first-order chi connectivity index (χ1) is 12.5. The minimum atomic E-state index is -0.783. The lowest BCUT2D eigenvalue weighted by Crippen LogP contribution is -2.57. The second-order valence-corrected chi connectivity index (χ2v) is 7.93. The molecule has 6 heteroatoms. The molecule has 0 radical (unpaired) electrons. The number of rotatable bonds is 5. The summed E-state index contributed by atoms with van der Waals surface area (Å²) >= 11 is 0. The van der Waals surface area contributed by atoms with Crippen molar-refractivity contribution in [3.05, 3.63) is 29.8 Å². The highest BCUT2D eigenvalue weighted by Crippen LogP contribution is 2.31. The number of carboxylic acid groups (broad SMARTS) is 1. The fourth-order valence-electron chi connectivity index (χ4n) is 4.29. The molecule has 4 N–H and O–H groups in total. The van der Waals surface area contributed by atoms with Crippen molar-refractivity contribution in [2.45, 2.75) is 50.6 Å². The summed E-state index contributed by atoms with van der Waals surface area (Å²) in [5.41, 5.74) is 8.25. The zero-order chi connectivity index (χ0) is 18.6. The van der Waals surface area contributed by atoms with Gasteiger partial charge in [-0.3, -0.25) is 4.90 Å². The lowest BCUT2D eigenvalue weighted by atomic mass is 9.85. The Morgan fingerprint density at radius 2 is 1.88 bits per heavy atom. The zero-order valence-electron chi connectivity index (χ0n) is 15.8. The molecule has 2 heterocycles. The number of benzene rings is 1. The Hall–Kier alpha value is -1.79. The molecule has 0 saturated carbocycles. The number of hydrogen-bond donors (Lipinski definition) is 3. The number of nitrogen functional groups attached to an aromatic ring is 1. The SMILES string of the molecule is CC1(N2CCC(NCCc3ccccc3N)CC2)CCN(C(=O)O)CC1. The van der Waals surface area contributed by atoms with Gasteiger partial charge in [0.1, 0.15) is 0 Å². The van der Waals surface area contributed by atoms with Gasteiger partial charge in [0.15, 0.2) is 0 Å². The molecular weight excluding hydrogens is 328 g/mol. The smallest absolute Gasteiger partial charge is 0.407 e. The number of likely N-dealkylation sites (tertiary alicyclic amines) is 2. The van der Waals surface area contributed by atoms with Crippen LogP contribution in [0.4, 0.5) is 10.5 Å². The van der Waals surface area contributed by atoms with Gasteiger partial charge in [-0.05, 0) is 57.2 Å². The second kappa shape index (κ2) is 8.27. The van der Waals surface area contributed by atoms with E-state index in [1.165, 1.54) is 5.56 Å². The summed E-state index contributed by atoms with van der Waals surface area (Å²) in [6.45, 7) is 6.76. The maximum Gasteiger partial charge on any atom is 0.407 e. The van der Waals surface area contributed by atoms with Gasteiger partial charge in [-0.1, -0.05) is 18.2 Å². The van der Waals surface area contributed by atoms with Crippen LogP contribution in [-0.4, -0.2) is 65.3 Å². The maximum absolute atomic E-state index is 11.1. The number of amides is 1. The Balaban J connectivity index is 1.40. The van der Waals surface area contributed by atoms with Crippen LogP contribution < -0.4 is 11.1 Å². The van der Waals surface area contributed by atoms with Crippen LogP contribution in [0.15, 0.2) is 24.3 Å². The van der Waals surface area contributed by atoms with E-state index in [1.54, 1.807) is 4.90 Å². The highest BCUT2D eigenvalue weighted by molar-refractivity contribution is 5.65. The van der Waals surface area contributed by atoms with Crippen LogP contribution in [0.5, 0.6) is 0 Å². The van der Waals surface area contributed by atoms with E-state index in [0.717, 1.165) is 57.4 Å². The van der Waals surface area contributed by atoms with Crippen LogP contribution in [0.25, 0.3) is 0 Å². The predicted octanol–water partition coefficient (Wildman–Crippen LogP) is 2.40. The monoisotopic (exact) mass is 360 g/mol. The van der Waals surface area contributed by atoms with Crippen molar-refractivity contribution < 1.29 is 9.90 Å². The molecule has 2 aliphatic rings. The molecular formula is C20H32N4O2. The molecule has 1 aromatic rings. The summed E-state index contributed by atoms with van der Waals surface area (Å²) < 4.78 is 0. The van der Waals surface area contributed by atoms with Gasteiger partial charge in [0.2, 0.25) is 0 Å². The number of hydrogen-bond acceptors (Lipinski definition) is 4. The van der Waals surface area contributed by atoms with Crippen LogP contribution in [-0.2, 0) is 6.42 Å². The zero-order valence-corrected chi connectivity index (χ0v) is 15.8. The Bertz CT molecular complexity index is 606. The fraction of sp³-hybridized carbons (Fsp3) is 0.650. The molecule has 3 rings (SSSR count). The van der Waals surface area contributed by atoms with E-state index in [1.807, 2.05) is 18.2 Å². The van der Waals surface area contributed by atoms with E-state index in [0.29, 0.717) is 19.1 Å². The van der Waals surface area contributed by atoms with E-state index in [2.05, 4.69) is 23.2 Å². The number of anilines is 1. The Labute approximate surface area is 156 Å². The predicted molar refractivity (Wildman–Crippen MR) is 104 cm³/mol. The molecule has 0 unspecified atom stereocenters. The molecule has 0 aliphatic carbocycles. The molecule has 2 aliphatic heterocycles. The molecule has 2 fully saturated rings. The lowest BCUT2D eigenvalue weighted by Gasteiger charge is -2.49. The quantitative estimate of drug-likeness (QED) is 0.703. The van der Waals surface area contributed by atoms with Crippen LogP contribution >= 0.6 is 0 Å².